The van der Waals surface area contributed by atoms with Crippen LogP contribution in [0.4, 0.5) is 0 Å². The van der Waals surface area contributed by atoms with E-state index in [4.69, 9.17) is 10.2 Å². The van der Waals surface area contributed by atoms with E-state index in [-0.39, 0.29) is 11.5 Å². The molecule has 0 rings (SSSR count). The molecule has 0 unspecified atom stereocenters. The van der Waals surface area contributed by atoms with E-state index in [0.717, 1.165) is 5.57 Å². The van der Waals surface area contributed by atoms with Crippen LogP contribution in [0.2, 0.25) is 0 Å². The van der Waals surface area contributed by atoms with Crippen LogP contribution in [-0.2, 0) is 0 Å². The third-order valence-electron chi connectivity index (χ3n) is 1.56. The Morgan fingerprint density at radius 1 is 1.25 bits per heavy atom. The Kier molecular flexibility index (Phi) is 4.93. The molecule has 0 radical (unpaired) electrons. The summed E-state index contributed by atoms with van der Waals surface area (Å²) >= 11 is 0. The highest BCUT2D eigenvalue weighted by molar-refractivity contribution is 5.16. The van der Waals surface area contributed by atoms with Crippen molar-refractivity contribution in [3.63, 3.8) is 0 Å². The summed E-state index contributed by atoms with van der Waals surface area (Å²) in [6.07, 6.45) is 6.07. The fourth-order valence-electron chi connectivity index (χ4n) is 0.600. The van der Waals surface area contributed by atoms with Gasteiger partial charge in [0.15, 0.2) is 0 Å². The van der Waals surface area contributed by atoms with Crippen LogP contribution in [0, 0.1) is 0 Å². The van der Waals surface area contributed by atoms with E-state index >= 15 is 0 Å². The van der Waals surface area contributed by atoms with E-state index in [9.17, 15) is 0 Å². The van der Waals surface area contributed by atoms with Gasteiger partial charge in [-0.05, 0) is 20.8 Å². The minimum Gasteiger partial charge on any atom is -0.509 e. The molecule has 0 aliphatic rings. The van der Waals surface area contributed by atoms with Gasteiger partial charge in [-0.1, -0.05) is 23.8 Å². The molecule has 0 bridgehead atoms. The molecule has 2 N–H and O–H groups in total. The molecule has 0 saturated heterocycles. The van der Waals surface area contributed by atoms with Gasteiger partial charge in [-0.2, -0.15) is 0 Å². The minimum absolute atomic E-state index is 0.0159. The molecule has 0 aromatic rings. The molecule has 2 nitrogen and oxygen atoms in total. The maximum atomic E-state index is 9.07. The highest BCUT2D eigenvalue weighted by Crippen LogP contribution is 2.04. The fraction of sp³-hybridized carbons (Fsp3) is 0.400. The zero-order chi connectivity index (χ0) is 9.56. The second-order valence-electron chi connectivity index (χ2n) is 2.67. The Labute approximate surface area is 73.5 Å². The molecule has 0 spiro atoms. The van der Waals surface area contributed by atoms with Crippen LogP contribution in [-0.4, -0.2) is 10.2 Å². The van der Waals surface area contributed by atoms with Crippen LogP contribution in [0.15, 0.2) is 35.3 Å². The smallest absolute Gasteiger partial charge is 0.133 e. The normalized spacial score (nSPS) is 15.1. The Bertz CT molecular complexity index is 218. The van der Waals surface area contributed by atoms with E-state index in [1.807, 2.05) is 32.1 Å². The number of hydrogen-bond acceptors (Lipinski definition) is 2. The molecule has 0 atom stereocenters. The van der Waals surface area contributed by atoms with Gasteiger partial charge in [0.2, 0.25) is 0 Å². The number of aliphatic hydroxyl groups excluding tert-OH is 2. The maximum Gasteiger partial charge on any atom is 0.133 e. The third-order valence-corrected chi connectivity index (χ3v) is 1.56. The summed E-state index contributed by atoms with van der Waals surface area (Å²) in [5, 5.41) is 17.9. The fourth-order valence-corrected chi connectivity index (χ4v) is 0.600. The first-order valence-electron chi connectivity index (χ1n) is 3.95. The molecule has 0 fully saturated rings. The first-order valence-corrected chi connectivity index (χ1v) is 3.95. The summed E-state index contributed by atoms with van der Waals surface area (Å²) in [5.74, 6) is 0.00735. The summed E-state index contributed by atoms with van der Waals surface area (Å²) in [4.78, 5) is 0. The molecule has 0 heterocycles. The molecule has 0 aromatic carbocycles. The van der Waals surface area contributed by atoms with Crippen molar-refractivity contribution in [3.8, 4) is 0 Å². The lowest BCUT2D eigenvalue weighted by molar-refractivity contribution is 0.320. The maximum absolute atomic E-state index is 9.07. The van der Waals surface area contributed by atoms with Gasteiger partial charge in [-0.3, -0.25) is 0 Å². The van der Waals surface area contributed by atoms with Crippen molar-refractivity contribution in [3.05, 3.63) is 35.3 Å². The quantitative estimate of drug-likeness (QED) is 0.501. The molecule has 2 heteroatoms. The van der Waals surface area contributed by atoms with Crippen LogP contribution < -0.4 is 0 Å². The van der Waals surface area contributed by atoms with E-state index in [1.165, 1.54) is 6.92 Å². The second-order valence-corrected chi connectivity index (χ2v) is 2.67. The lowest BCUT2D eigenvalue weighted by Gasteiger charge is -1.95. The Morgan fingerprint density at radius 3 is 2.25 bits per heavy atom. The van der Waals surface area contributed by atoms with E-state index < -0.39 is 0 Å². The van der Waals surface area contributed by atoms with E-state index in [1.54, 1.807) is 0 Å². The van der Waals surface area contributed by atoms with Crippen molar-refractivity contribution < 1.29 is 10.2 Å². The molecule has 68 valence electrons. The van der Waals surface area contributed by atoms with Crippen molar-refractivity contribution in [1.29, 1.82) is 0 Å². The van der Waals surface area contributed by atoms with Crippen molar-refractivity contribution in [2.45, 2.75) is 27.2 Å². The van der Waals surface area contributed by atoms with Crippen molar-refractivity contribution >= 4 is 0 Å². The van der Waals surface area contributed by atoms with Gasteiger partial charge in [-0.15, -0.1) is 0 Å². The van der Waals surface area contributed by atoms with Crippen molar-refractivity contribution in [2.75, 3.05) is 0 Å². The van der Waals surface area contributed by atoms with Gasteiger partial charge < -0.3 is 10.2 Å². The highest BCUT2D eigenvalue weighted by atomic mass is 16.3. The molecule has 0 aromatic heterocycles. The highest BCUT2D eigenvalue weighted by Gasteiger charge is 1.93. The third kappa shape index (κ3) is 4.61. The second kappa shape index (κ2) is 5.47. The summed E-state index contributed by atoms with van der Waals surface area (Å²) in [7, 11) is 0. The van der Waals surface area contributed by atoms with Gasteiger partial charge in [-0.25, -0.2) is 0 Å². The number of hydrogen-bond donors (Lipinski definition) is 2. The van der Waals surface area contributed by atoms with Gasteiger partial charge in [0.1, 0.15) is 11.5 Å². The molecule has 12 heavy (non-hydrogen) atoms. The monoisotopic (exact) mass is 168 g/mol. The summed E-state index contributed by atoms with van der Waals surface area (Å²) in [6.45, 7) is 5.39. The molecule has 0 aliphatic carbocycles. The zero-order valence-electron chi connectivity index (χ0n) is 7.83. The lowest BCUT2D eigenvalue weighted by atomic mass is 10.2. The first kappa shape index (κ1) is 10.8. The van der Waals surface area contributed by atoms with Gasteiger partial charge in [0, 0.05) is 6.42 Å². The van der Waals surface area contributed by atoms with Gasteiger partial charge in [0.05, 0.1) is 0 Å². The molecule has 0 aliphatic heterocycles. The van der Waals surface area contributed by atoms with Crippen LogP contribution in [0.5, 0.6) is 0 Å². The van der Waals surface area contributed by atoms with Crippen LogP contribution in [0.25, 0.3) is 0 Å². The summed E-state index contributed by atoms with van der Waals surface area (Å²) < 4.78 is 0. The van der Waals surface area contributed by atoms with Crippen molar-refractivity contribution in [1.82, 2.24) is 0 Å². The number of aliphatic hydroxyl groups is 2. The summed E-state index contributed by atoms with van der Waals surface area (Å²) in [6, 6.07) is 0. The van der Waals surface area contributed by atoms with Crippen molar-refractivity contribution in [2.24, 2.45) is 0 Å². The molecular weight excluding hydrogens is 152 g/mol. The first-order chi connectivity index (χ1) is 5.57. The van der Waals surface area contributed by atoms with E-state index in [0.29, 0.717) is 6.42 Å². The Balaban J connectivity index is 4.00. The minimum atomic E-state index is -0.0159. The summed E-state index contributed by atoms with van der Waals surface area (Å²) in [5.41, 5.74) is 1.14. The Morgan fingerprint density at radius 2 is 1.83 bits per heavy atom. The van der Waals surface area contributed by atoms with Crippen LogP contribution in [0.1, 0.15) is 27.2 Å². The SMILES string of the molecule is C/C=C(/C)C=CC/C(O)=C(\C)O. The van der Waals surface area contributed by atoms with Gasteiger partial charge >= 0.3 is 0 Å². The Hall–Kier alpha value is -1.18. The average Bonchev–Trinajstić information content (AvgIpc) is 2.03. The number of rotatable bonds is 3. The predicted octanol–water partition coefficient (Wildman–Crippen LogP) is 3.25. The van der Waals surface area contributed by atoms with Crippen LogP contribution >= 0.6 is 0 Å². The standard InChI is InChI=1S/C10H16O2/c1-4-8(2)6-5-7-10(12)9(3)11/h4-6,11-12H,7H2,1-3H3/b6-5?,8-4-,10-9-. The lowest BCUT2D eigenvalue weighted by Crippen LogP contribution is -1.84. The van der Waals surface area contributed by atoms with Crippen LogP contribution in [0.3, 0.4) is 0 Å². The molecular formula is C10H16O2. The van der Waals surface area contributed by atoms with Gasteiger partial charge in [0.25, 0.3) is 0 Å². The largest absolute Gasteiger partial charge is 0.509 e. The van der Waals surface area contributed by atoms with E-state index in [2.05, 4.69) is 0 Å². The molecule has 0 saturated carbocycles. The predicted molar refractivity (Wildman–Crippen MR) is 51.1 cm³/mol. The zero-order valence-corrected chi connectivity index (χ0v) is 7.83. The average molecular weight is 168 g/mol. The number of allylic oxidation sites excluding steroid dienone is 5. The molecule has 0 amide bonds. The topological polar surface area (TPSA) is 40.5 Å².